The highest BCUT2D eigenvalue weighted by molar-refractivity contribution is 7.93. The molecule has 3 aromatic rings. The largest absolute Gasteiger partial charge is 0.480 e. The lowest BCUT2D eigenvalue weighted by molar-refractivity contribution is -0.129. The van der Waals surface area contributed by atoms with Gasteiger partial charge in [0.25, 0.3) is 5.91 Å². The molecule has 2 N–H and O–H groups in total. The van der Waals surface area contributed by atoms with Gasteiger partial charge >= 0.3 is 0 Å². The fourth-order valence-corrected chi connectivity index (χ4v) is 4.96. The van der Waals surface area contributed by atoms with Crippen LogP contribution in [0.2, 0.25) is 0 Å². The van der Waals surface area contributed by atoms with E-state index in [1.807, 2.05) is 18.2 Å². The molecule has 9 nitrogen and oxygen atoms in total. The summed E-state index contributed by atoms with van der Waals surface area (Å²) in [5, 5.41) is 3.19. The number of aromatic nitrogens is 2. The maximum absolute atomic E-state index is 12.4. The molecule has 2 aromatic heterocycles. The second kappa shape index (κ2) is 7.06. The van der Waals surface area contributed by atoms with Gasteiger partial charge in [-0.1, -0.05) is 6.07 Å². The van der Waals surface area contributed by atoms with Crippen molar-refractivity contribution in [2.75, 3.05) is 17.1 Å². The fraction of sp³-hybridized carbons (Fsp3) is 0.318. The highest BCUT2D eigenvalue weighted by atomic mass is 32.2. The Labute approximate surface area is 185 Å². The van der Waals surface area contributed by atoms with E-state index in [0.717, 1.165) is 10.9 Å². The first kappa shape index (κ1) is 20.5. The van der Waals surface area contributed by atoms with Crippen molar-refractivity contribution >= 4 is 38.2 Å². The van der Waals surface area contributed by atoms with Gasteiger partial charge in [-0.05, 0) is 50.5 Å². The zero-order valence-electron chi connectivity index (χ0n) is 17.8. The van der Waals surface area contributed by atoms with E-state index in [1.54, 1.807) is 32.3 Å². The third kappa shape index (κ3) is 3.50. The molecule has 1 aliphatic heterocycles. The lowest BCUT2D eigenvalue weighted by atomic mass is 10.0. The second-order valence-corrected chi connectivity index (χ2v) is 10.4. The van der Waals surface area contributed by atoms with Gasteiger partial charge in [0.15, 0.2) is 11.4 Å². The third-order valence-electron chi connectivity index (χ3n) is 5.56. The predicted molar refractivity (Wildman–Crippen MR) is 120 cm³/mol. The van der Waals surface area contributed by atoms with E-state index in [0.29, 0.717) is 35.4 Å². The van der Waals surface area contributed by atoms with Gasteiger partial charge in [0.05, 0.1) is 24.1 Å². The fourth-order valence-electron chi connectivity index (χ4n) is 3.58. The van der Waals surface area contributed by atoms with Crippen molar-refractivity contribution in [1.82, 2.24) is 9.97 Å². The Kier molecular flexibility index (Phi) is 4.52. The molecule has 3 heterocycles. The summed E-state index contributed by atoms with van der Waals surface area (Å²) >= 11 is 0. The molecule has 166 valence electrons. The number of amides is 1. The van der Waals surface area contributed by atoms with Crippen molar-refractivity contribution in [3.05, 3.63) is 36.7 Å². The molecule has 0 saturated heterocycles. The minimum absolute atomic E-state index is 0.200. The minimum atomic E-state index is -3.48. The maximum atomic E-state index is 12.4. The average Bonchev–Trinajstić information content (AvgIpc) is 3.60. The van der Waals surface area contributed by atoms with Crippen LogP contribution in [0.3, 0.4) is 0 Å². The highest BCUT2D eigenvalue weighted by Gasteiger charge is 2.37. The number of carbonyl (C=O) groups excluding carboxylic acids is 1. The van der Waals surface area contributed by atoms with E-state index < -0.39 is 15.6 Å². The van der Waals surface area contributed by atoms with Crippen molar-refractivity contribution in [1.29, 1.82) is 0 Å². The van der Waals surface area contributed by atoms with Crippen molar-refractivity contribution < 1.29 is 22.7 Å². The van der Waals surface area contributed by atoms with Crippen LogP contribution < -0.4 is 19.5 Å². The van der Waals surface area contributed by atoms with E-state index in [-0.39, 0.29) is 22.7 Å². The first-order chi connectivity index (χ1) is 15.2. The molecule has 10 heteroatoms. The number of hydrogen-bond donors (Lipinski definition) is 2. The molecule has 5 rings (SSSR count). The SMILES string of the molecule is COc1ncc(-c2ccc3ncc4c(c3c2)OC(C)(C)C(=O)N4)cc1NS(=O)(=O)C1CC1. The monoisotopic (exact) mass is 454 g/mol. The van der Waals surface area contributed by atoms with Crippen LogP contribution in [-0.2, 0) is 14.8 Å². The first-order valence-electron chi connectivity index (χ1n) is 10.2. The standard InChI is InChI=1S/C22H22N4O5S/c1-22(2)21(27)25-18-11-23-16-7-4-12(8-15(16)19(18)31-22)13-9-17(20(30-3)24-10-13)26-32(28,29)14-5-6-14/h4,7-11,14,26H,5-6H2,1-3H3,(H,25,27). The number of hydrogen-bond acceptors (Lipinski definition) is 7. The van der Waals surface area contributed by atoms with Gasteiger partial charge in [-0.15, -0.1) is 0 Å². The van der Waals surface area contributed by atoms with Crippen molar-refractivity contribution in [2.45, 2.75) is 37.5 Å². The molecule has 0 unspecified atom stereocenters. The number of methoxy groups -OCH3 is 1. The molecule has 32 heavy (non-hydrogen) atoms. The first-order valence-corrected chi connectivity index (χ1v) is 11.7. The Morgan fingerprint density at radius 1 is 1.16 bits per heavy atom. The highest BCUT2D eigenvalue weighted by Crippen LogP contribution is 2.41. The summed E-state index contributed by atoms with van der Waals surface area (Å²) in [4.78, 5) is 20.9. The zero-order valence-corrected chi connectivity index (χ0v) is 18.6. The number of benzene rings is 1. The average molecular weight is 455 g/mol. The molecular formula is C22H22N4O5S. The van der Waals surface area contributed by atoms with Gasteiger partial charge in [0, 0.05) is 17.1 Å². The minimum Gasteiger partial charge on any atom is -0.480 e. The van der Waals surface area contributed by atoms with E-state index in [1.165, 1.54) is 7.11 Å². The van der Waals surface area contributed by atoms with Crippen molar-refractivity contribution in [2.24, 2.45) is 0 Å². The number of ether oxygens (including phenoxy) is 2. The number of sulfonamides is 1. The Morgan fingerprint density at radius 2 is 1.94 bits per heavy atom. The smallest absolute Gasteiger partial charge is 0.268 e. The molecule has 2 aliphatic rings. The summed E-state index contributed by atoms with van der Waals surface area (Å²) in [6, 6.07) is 7.30. The second-order valence-electron chi connectivity index (χ2n) is 8.43. The van der Waals surface area contributed by atoms with E-state index in [4.69, 9.17) is 9.47 Å². The number of pyridine rings is 2. The maximum Gasteiger partial charge on any atom is 0.268 e. The molecule has 0 bridgehead atoms. The Morgan fingerprint density at radius 3 is 2.66 bits per heavy atom. The third-order valence-corrected chi connectivity index (χ3v) is 7.42. The Bertz CT molecular complexity index is 1370. The van der Waals surface area contributed by atoms with Crippen LogP contribution >= 0.6 is 0 Å². The number of nitrogens with zero attached hydrogens (tertiary/aromatic N) is 2. The molecule has 1 saturated carbocycles. The number of carbonyl (C=O) groups is 1. The van der Waals surface area contributed by atoms with Gasteiger partial charge < -0.3 is 14.8 Å². The van der Waals surface area contributed by atoms with Crippen LogP contribution in [0.4, 0.5) is 11.4 Å². The Hall–Kier alpha value is -3.40. The van der Waals surface area contributed by atoms with Gasteiger partial charge in [-0.3, -0.25) is 14.5 Å². The number of fused-ring (bicyclic) bond motifs is 3. The zero-order chi connectivity index (χ0) is 22.7. The summed E-state index contributed by atoms with van der Waals surface area (Å²) in [5.41, 5.74) is 1.95. The summed E-state index contributed by atoms with van der Waals surface area (Å²) in [5.74, 6) is 0.498. The van der Waals surface area contributed by atoms with E-state index in [9.17, 15) is 13.2 Å². The van der Waals surface area contributed by atoms with Crippen LogP contribution in [-0.4, -0.2) is 42.3 Å². The summed E-state index contributed by atoms with van der Waals surface area (Å²) < 4.78 is 38.8. The van der Waals surface area contributed by atoms with Crippen LogP contribution in [0, 0.1) is 0 Å². The van der Waals surface area contributed by atoms with E-state index in [2.05, 4.69) is 20.0 Å². The molecule has 0 radical (unpaired) electrons. The normalized spacial score (nSPS) is 17.3. The van der Waals surface area contributed by atoms with Gasteiger partial charge in [0.2, 0.25) is 15.9 Å². The molecule has 1 aliphatic carbocycles. The van der Waals surface area contributed by atoms with Crippen LogP contribution in [0.1, 0.15) is 26.7 Å². The number of rotatable bonds is 5. The topological polar surface area (TPSA) is 120 Å². The Balaban J connectivity index is 1.59. The summed E-state index contributed by atoms with van der Waals surface area (Å²) in [6.45, 7) is 3.40. The van der Waals surface area contributed by atoms with E-state index >= 15 is 0 Å². The number of nitrogens with one attached hydrogen (secondary N) is 2. The van der Waals surface area contributed by atoms with Crippen LogP contribution in [0.15, 0.2) is 36.7 Å². The molecule has 1 amide bonds. The lowest BCUT2D eigenvalue weighted by Gasteiger charge is -2.32. The van der Waals surface area contributed by atoms with Gasteiger partial charge in [-0.25, -0.2) is 13.4 Å². The quantitative estimate of drug-likeness (QED) is 0.607. The molecule has 1 fully saturated rings. The van der Waals surface area contributed by atoms with Crippen molar-refractivity contribution in [3.63, 3.8) is 0 Å². The summed E-state index contributed by atoms with van der Waals surface area (Å²) in [6.07, 6.45) is 4.50. The molecule has 0 spiro atoms. The predicted octanol–water partition coefficient (Wildman–Crippen LogP) is 3.32. The van der Waals surface area contributed by atoms with Crippen LogP contribution in [0.5, 0.6) is 11.6 Å². The van der Waals surface area contributed by atoms with Crippen molar-refractivity contribution in [3.8, 4) is 22.8 Å². The number of anilines is 2. The molecular weight excluding hydrogens is 432 g/mol. The van der Waals surface area contributed by atoms with Gasteiger partial charge in [0.1, 0.15) is 11.4 Å². The lowest BCUT2D eigenvalue weighted by Crippen LogP contribution is -2.45. The summed E-state index contributed by atoms with van der Waals surface area (Å²) in [7, 11) is -2.03. The molecule has 0 atom stereocenters. The van der Waals surface area contributed by atoms with Gasteiger partial charge in [-0.2, -0.15) is 0 Å². The molecule has 1 aromatic carbocycles. The van der Waals surface area contributed by atoms with Crippen LogP contribution in [0.25, 0.3) is 22.0 Å².